The number of halogens is 1. The zero-order valence-electron chi connectivity index (χ0n) is 13.1. The Bertz CT molecular complexity index is 771. The normalized spacial score (nSPS) is 13.5. The first-order chi connectivity index (χ1) is 11.5. The number of carbonyl (C=O) groups is 2. The number of nitrogens with zero attached hydrogens (tertiary/aromatic N) is 1. The van der Waals surface area contributed by atoms with Crippen LogP contribution in [0.5, 0.6) is 0 Å². The van der Waals surface area contributed by atoms with Crippen molar-refractivity contribution in [3.8, 4) is 0 Å². The topological polar surface area (TPSA) is 57.6 Å². The molecule has 1 saturated carbocycles. The number of benzene rings is 2. The van der Waals surface area contributed by atoms with Gasteiger partial charge in [0.05, 0.1) is 12.0 Å². The number of amides is 1. The zero-order chi connectivity index (χ0) is 17.1. The van der Waals surface area contributed by atoms with E-state index >= 15 is 0 Å². The monoisotopic (exact) mass is 327 g/mol. The molecule has 2 aromatic rings. The van der Waals surface area contributed by atoms with Crippen molar-refractivity contribution in [2.75, 3.05) is 0 Å². The minimum Gasteiger partial charge on any atom is -0.478 e. The highest BCUT2D eigenvalue weighted by Gasteiger charge is 2.32. The van der Waals surface area contributed by atoms with Crippen LogP contribution in [0.1, 0.15) is 34.3 Å². The number of carbonyl (C=O) groups excluding carboxylic acids is 1. The first-order valence-corrected chi connectivity index (χ1v) is 7.89. The summed E-state index contributed by atoms with van der Waals surface area (Å²) in [7, 11) is 0. The SMILES string of the molecule is O=C(O)c1cccc(CC(=O)N(Cc2ccccc2F)C2CC2)c1. The van der Waals surface area contributed by atoms with E-state index < -0.39 is 5.97 Å². The van der Waals surface area contributed by atoms with E-state index in [1.807, 2.05) is 0 Å². The van der Waals surface area contributed by atoms with E-state index in [2.05, 4.69) is 0 Å². The molecule has 1 aliphatic rings. The summed E-state index contributed by atoms with van der Waals surface area (Å²) in [5.74, 6) is -1.44. The van der Waals surface area contributed by atoms with Crippen LogP contribution in [0.25, 0.3) is 0 Å². The summed E-state index contributed by atoms with van der Waals surface area (Å²) < 4.78 is 13.9. The predicted molar refractivity (Wildman–Crippen MR) is 87.1 cm³/mol. The van der Waals surface area contributed by atoms with Gasteiger partial charge in [-0.05, 0) is 36.6 Å². The molecule has 1 amide bonds. The lowest BCUT2D eigenvalue weighted by Crippen LogP contribution is -2.34. The molecule has 24 heavy (non-hydrogen) atoms. The fourth-order valence-corrected chi connectivity index (χ4v) is 2.71. The Labute approximate surface area is 139 Å². The first-order valence-electron chi connectivity index (χ1n) is 7.89. The van der Waals surface area contributed by atoms with Gasteiger partial charge in [0, 0.05) is 18.2 Å². The van der Waals surface area contributed by atoms with E-state index in [4.69, 9.17) is 5.11 Å². The third kappa shape index (κ3) is 3.79. The lowest BCUT2D eigenvalue weighted by atomic mass is 10.1. The molecule has 3 rings (SSSR count). The molecule has 1 N–H and O–H groups in total. The van der Waals surface area contributed by atoms with Crippen LogP contribution in [0.2, 0.25) is 0 Å². The van der Waals surface area contributed by atoms with Gasteiger partial charge in [0.15, 0.2) is 0 Å². The van der Waals surface area contributed by atoms with Gasteiger partial charge in [-0.3, -0.25) is 4.79 Å². The van der Waals surface area contributed by atoms with Gasteiger partial charge < -0.3 is 10.0 Å². The van der Waals surface area contributed by atoms with Crippen LogP contribution in [0.4, 0.5) is 4.39 Å². The Balaban J connectivity index is 1.75. The van der Waals surface area contributed by atoms with Crippen molar-refractivity contribution in [2.45, 2.75) is 31.8 Å². The van der Waals surface area contributed by atoms with E-state index in [0.717, 1.165) is 12.8 Å². The van der Waals surface area contributed by atoms with Crippen LogP contribution in [0, 0.1) is 5.82 Å². The molecule has 0 aromatic heterocycles. The molecule has 0 bridgehead atoms. The van der Waals surface area contributed by atoms with Crippen molar-refractivity contribution in [2.24, 2.45) is 0 Å². The Morgan fingerprint density at radius 3 is 2.54 bits per heavy atom. The lowest BCUT2D eigenvalue weighted by molar-refractivity contribution is -0.131. The summed E-state index contributed by atoms with van der Waals surface area (Å²) in [6.07, 6.45) is 1.97. The summed E-state index contributed by atoms with van der Waals surface area (Å²) in [5.41, 5.74) is 1.31. The number of hydrogen-bond donors (Lipinski definition) is 1. The molecule has 0 saturated heterocycles. The molecular formula is C19H18FNO3. The minimum absolute atomic E-state index is 0.108. The Morgan fingerprint density at radius 1 is 1.12 bits per heavy atom. The van der Waals surface area contributed by atoms with Crippen molar-refractivity contribution in [3.63, 3.8) is 0 Å². The van der Waals surface area contributed by atoms with Crippen molar-refractivity contribution in [3.05, 3.63) is 71.0 Å². The summed E-state index contributed by atoms with van der Waals surface area (Å²) in [6, 6.07) is 13.0. The average molecular weight is 327 g/mol. The molecule has 0 aliphatic heterocycles. The molecule has 2 aromatic carbocycles. The van der Waals surface area contributed by atoms with Gasteiger partial charge in [-0.15, -0.1) is 0 Å². The van der Waals surface area contributed by atoms with Gasteiger partial charge in [-0.25, -0.2) is 9.18 Å². The van der Waals surface area contributed by atoms with Gasteiger partial charge >= 0.3 is 5.97 Å². The molecular weight excluding hydrogens is 309 g/mol. The highest BCUT2D eigenvalue weighted by Crippen LogP contribution is 2.29. The zero-order valence-corrected chi connectivity index (χ0v) is 13.1. The molecule has 0 atom stereocenters. The second-order valence-corrected chi connectivity index (χ2v) is 6.03. The van der Waals surface area contributed by atoms with Gasteiger partial charge in [0.2, 0.25) is 5.91 Å². The molecule has 124 valence electrons. The highest BCUT2D eigenvalue weighted by atomic mass is 19.1. The van der Waals surface area contributed by atoms with Gasteiger partial charge in [-0.2, -0.15) is 0 Å². The van der Waals surface area contributed by atoms with Crippen molar-refractivity contribution >= 4 is 11.9 Å². The van der Waals surface area contributed by atoms with E-state index in [1.54, 1.807) is 35.2 Å². The highest BCUT2D eigenvalue weighted by molar-refractivity contribution is 5.88. The molecule has 0 unspecified atom stereocenters. The van der Waals surface area contributed by atoms with E-state index in [-0.39, 0.29) is 36.3 Å². The number of aromatic carboxylic acids is 1. The Morgan fingerprint density at radius 2 is 1.88 bits per heavy atom. The molecule has 0 radical (unpaired) electrons. The minimum atomic E-state index is -1.02. The quantitative estimate of drug-likeness (QED) is 0.886. The van der Waals surface area contributed by atoms with Crippen LogP contribution in [-0.2, 0) is 17.8 Å². The van der Waals surface area contributed by atoms with Crippen LogP contribution in [0.15, 0.2) is 48.5 Å². The van der Waals surface area contributed by atoms with Crippen LogP contribution in [0.3, 0.4) is 0 Å². The third-order valence-electron chi connectivity index (χ3n) is 4.14. The fraction of sp³-hybridized carbons (Fsp3) is 0.263. The van der Waals surface area contributed by atoms with Gasteiger partial charge in [-0.1, -0.05) is 30.3 Å². The molecule has 0 heterocycles. The molecule has 1 fully saturated rings. The summed E-state index contributed by atoms with van der Waals surface area (Å²) in [6.45, 7) is 0.245. The third-order valence-corrected chi connectivity index (χ3v) is 4.14. The number of rotatable bonds is 6. The Kier molecular flexibility index (Phi) is 4.60. The summed E-state index contributed by atoms with van der Waals surface area (Å²) in [4.78, 5) is 25.4. The average Bonchev–Trinajstić information content (AvgIpc) is 3.39. The summed E-state index contributed by atoms with van der Waals surface area (Å²) in [5, 5.41) is 9.04. The summed E-state index contributed by atoms with van der Waals surface area (Å²) >= 11 is 0. The van der Waals surface area contributed by atoms with E-state index in [1.165, 1.54) is 18.2 Å². The van der Waals surface area contributed by atoms with Crippen molar-refractivity contribution < 1.29 is 19.1 Å². The molecule has 5 heteroatoms. The Hall–Kier alpha value is -2.69. The maximum atomic E-state index is 13.9. The van der Waals surface area contributed by atoms with Crippen molar-refractivity contribution in [1.82, 2.24) is 4.90 Å². The standard InChI is InChI=1S/C19H18FNO3/c20-17-7-2-1-5-15(17)12-21(16-8-9-16)18(22)11-13-4-3-6-14(10-13)19(23)24/h1-7,10,16H,8-9,11-12H2,(H,23,24). The molecule has 1 aliphatic carbocycles. The first kappa shape index (κ1) is 16.2. The number of hydrogen-bond acceptors (Lipinski definition) is 2. The predicted octanol–water partition coefficient (Wildman–Crippen LogP) is 3.26. The maximum Gasteiger partial charge on any atom is 0.335 e. The van der Waals surface area contributed by atoms with Crippen LogP contribution in [-0.4, -0.2) is 27.9 Å². The number of carboxylic acids is 1. The van der Waals surface area contributed by atoms with Gasteiger partial charge in [0.1, 0.15) is 5.82 Å². The fourth-order valence-electron chi connectivity index (χ4n) is 2.71. The van der Waals surface area contributed by atoms with Crippen LogP contribution < -0.4 is 0 Å². The second kappa shape index (κ2) is 6.83. The van der Waals surface area contributed by atoms with Crippen molar-refractivity contribution in [1.29, 1.82) is 0 Å². The molecule has 0 spiro atoms. The second-order valence-electron chi connectivity index (χ2n) is 6.03. The van der Waals surface area contributed by atoms with Gasteiger partial charge in [0.25, 0.3) is 0 Å². The largest absolute Gasteiger partial charge is 0.478 e. The molecule has 4 nitrogen and oxygen atoms in total. The van der Waals surface area contributed by atoms with Crippen LogP contribution >= 0.6 is 0 Å². The van der Waals surface area contributed by atoms with E-state index in [9.17, 15) is 14.0 Å². The lowest BCUT2D eigenvalue weighted by Gasteiger charge is -2.23. The maximum absolute atomic E-state index is 13.9. The smallest absolute Gasteiger partial charge is 0.335 e. The van der Waals surface area contributed by atoms with E-state index in [0.29, 0.717) is 11.1 Å². The number of carboxylic acid groups (broad SMARTS) is 1.